The molecule has 33 heavy (non-hydrogen) atoms. The summed E-state index contributed by atoms with van der Waals surface area (Å²) in [5, 5.41) is 10.6. The number of thioether (sulfide) groups is 1. The molecule has 4 rings (SSSR count). The molecule has 5 nitrogen and oxygen atoms in total. The molecule has 0 fully saturated rings. The highest BCUT2D eigenvalue weighted by Gasteiger charge is 2.17. The van der Waals surface area contributed by atoms with Gasteiger partial charge in [-0.15, -0.1) is 10.2 Å². The van der Waals surface area contributed by atoms with Crippen LogP contribution in [0.25, 0.3) is 11.8 Å². The molecule has 7 heteroatoms. The zero-order valence-electron chi connectivity index (χ0n) is 18.7. The van der Waals surface area contributed by atoms with Crippen LogP contribution in [0.2, 0.25) is 5.02 Å². The molecule has 0 atom stereocenters. The van der Waals surface area contributed by atoms with E-state index in [0.29, 0.717) is 11.6 Å². The van der Waals surface area contributed by atoms with Gasteiger partial charge in [-0.05, 0) is 55.4 Å². The van der Waals surface area contributed by atoms with Crippen molar-refractivity contribution in [1.82, 2.24) is 24.6 Å². The molecule has 0 spiro atoms. The maximum Gasteiger partial charge on any atom is 0.196 e. The number of hydrogen-bond acceptors (Lipinski definition) is 5. The van der Waals surface area contributed by atoms with Gasteiger partial charge in [-0.2, -0.15) is 0 Å². The van der Waals surface area contributed by atoms with Crippen molar-refractivity contribution in [2.24, 2.45) is 0 Å². The summed E-state index contributed by atoms with van der Waals surface area (Å²) in [6, 6.07) is 22.2. The fourth-order valence-electron chi connectivity index (χ4n) is 3.60. The predicted octanol–water partition coefficient (Wildman–Crippen LogP) is 6.14. The number of aromatic nitrogens is 4. The van der Waals surface area contributed by atoms with Gasteiger partial charge in [0.25, 0.3) is 0 Å². The molecule has 0 amide bonds. The molecule has 2 aromatic heterocycles. The van der Waals surface area contributed by atoms with Crippen molar-refractivity contribution in [2.75, 3.05) is 13.6 Å². The Morgan fingerprint density at radius 3 is 2.58 bits per heavy atom. The highest BCUT2D eigenvalue weighted by atomic mass is 35.5. The molecule has 2 aromatic carbocycles. The quantitative estimate of drug-likeness (QED) is 0.272. The molecular formula is C26H26ClN5S. The van der Waals surface area contributed by atoms with Gasteiger partial charge in [-0.1, -0.05) is 71.4 Å². The Morgan fingerprint density at radius 1 is 1.03 bits per heavy atom. The largest absolute Gasteiger partial charge is 0.295 e. The Hall–Kier alpha value is -2.93. The van der Waals surface area contributed by atoms with Gasteiger partial charge < -0.3 is 0 Å². The van der Waals surface area contributed by atoms with Crippen LogP contribution in [0.4, 0.5) is 0 Å². The van der Waals surface area contributed by atoms with Crippen molar-refractivity contribution in [3.05, 3.63) is 107 Å². The first-order valence-electron chi connectivity index (χ1n) is 10.7. The van der Waals surface area contributed by atoms with Crippen LogP contribution in [0.15, 0.2) is 89.9 Å². The first-order chi connectivity index (χ1) is 16.1. The van der Waals surface area contributed by atoms with E-state index in [4.69, 9.17) is 11.6 Å². The van der Waals surface area contributed by atoms with Crippen molar-refractivity contribution in [1.29, 1.82) is 0 Å². The lowest BCUT2D eigenvalue weighted by Gasteiger charge is -2.18. The second-order valence-corrected chi connectivity index (χ2v) is 9.31. The van der Waals surface area contributed by atoms with E-state index < -0.39 is 0 Å². The molecule has 0 saturated carbocycles. The number of likely N-dealkylation sites (N-methyl/N-ethyl adjacent to an activating group) is 1. The summed E-state index contributed by atoms with van der Waals surface area (Å²) in [7, 11) is 2.10. The van der Waals surface area contributed by atoms with Gasteiger partial charge in [0.1, 0.15) is 0 Å². The summed E-state index contributed by atoms with van der Waals surface area (Å²) in [5.41, 5.74) is 4.64. The Bertz CT molecular complexity index is 1210. The Labute approximate surface area is 204 Å². The molecule has 0 N–H and O–H groups in total. The van der Waals surface area contributed by atoms with E-state index >= 15 is 0 Å². The topological polar surface area (TPSA) is 46.8 Å². The van der Waals surface area contributed by atoms with Crippen LogP contribution < -0.4 is 0 Å². The summed E-state index contributed by atoms with van der Waals surface area (Å²) >= 11 is 7.96. The van der Waals surface area contributed by atoms with Crippen molar-refractivity contribution in [2.45, 2.75) is 24.4 Å². The third kappa shape index (κ3) is 6.54. The standard InChI is InChI=1S/C26H26ClN5S/c1-20(15-21-7-4-3-5-8-21)17-31(2)18-25-29-30-26(33-19-22-11-13-28-14-12-22)32(25)24-10-6-9-23(27)16-24/h3-16H,17-19H2,1-2H3/b20-15+. The molecule has 0 bridgehead atoms. The fourth-order valence-corrected chi connectivity index (χ4v) is 4.71. The van der Waals surface area contributed by atoms with E-state index in [1.807, 2.05) is 54.9 Å². The molecular weight excluding hydrogens is 450 g/mol. The van der Waals surface area contributed by atoms with Crippen molar-refractivity contribution < 1.29 is 0 Å². The predicted molar refractivity (Wildman–Crippen MR) is 137 cm³/mol. The smallest absolute Gasteiger partial charge is 0.196 e. The van der Waals surface area contributed by atoms with Gasteiger partial charge in [0.05, 0.1) is 12.2 Å². The summed E-state index contributed by atoms with van der Waals surface area (Å²) in [4.78, 5) is 6.34. The molecule has 0 unspecified atom stereocenters. The minimum atomic E-state index is 0.662. The highest BCUT2D eigenvalue weighted by molar-refractivity contribution is 7.98. The molecule has 0 radical (unpaired) electrons. The molecule has 0 aliphatic rings. The maximum atomic E-state index is 6.31. The Balaban J connectivity index is 1.54. The zero-order valence-corrected chi connectivity index (χ0v) is 20.3. The monoisotopic (exact) mass is 475 g/mol. The zero-order chi connectivity index (χ0) is 23.0. The number of hydrogen-bond donors (Lipinski definition) is 0. The Morgan fingerprint density at radius 2 is 1.82 bits per heavy atom. The second kappa shape index (κ2) is 11.3. The van der Waals surface area contributed by atoms with E-state index in [2.05, 4.69) is 69.0 Å². The number of pyridine rings is 1. The van der Waals surface area contributed by atoms with Gasteiger partial charge in [-0.25, -0.2) is 0 Å². The molecule has 2 heterocycles. The van der Waals surface area contributed by atoms with Crippen LogP contribution in [0.3, 0.4) is 0 Å². The number of nitrogens with zero attached hydrogens (tertiary/aromatic N) is 5. The van der Waals surface area contributed by atoms with Gasteiger partial charge >= 0.3 is 0 Å². The van der Waals surface area contributed by atoms with E-state index in [0.717, 1.165) is 29.0 Å². The van der Waals surface area contributed by atoms with Gasteiger partial charge in [0.15, 0.2) is 11.0 Å². The summed E-state index contributed by atoms with van der Waals surface area (Å²) in [6.07, 6.45) is 5.83. The molecule has 0 saturated heterocycles. The molecule has 0 aliphatic carbocycles. The highest BCUT2D eigenvalue weighted by Crippen LogP contribution is 2.27. The van der Waals surface area contributed by atoms with Crippen LogP contribution in [0, 0.1) is 0 Å². The van der Waals surface area contributed by atoms with Crippen molar-refractivity contribution >= 4 is 29.4 Å². The van der Waals surface area contributed by atoms with E-state index in [9.17, 15) is 0 Å². The third-order valence-corrected chi connectivity index (χ3v) is 6.26. The summed E-state index contributed by atoms with van der Waals surface area (Å²) in [6.45, 7) is 3.65. The molecule has 4 aromatic rings. The first kappa shape index (κ1) is 23.2. The average molecular weight is 476 g/mol. The van der Waals surface area contributed by atoms with E-state index in [1.165, 1.54) is 16.7 Å². The van der Waals surface area contributed by atoms with Crippen molar-refractivity contribution in [3.63, 3.8) is 0 Å². The molecule has 0 aliphatic heterocycles. The van der Waals surface area contributed by atoms with Crippen molar-refractivity contribution in [3.8, 4) is 5.69 Å². The minimum absolute atomic E-state index is 0.662. The maximum absolute atomic E-state index is 6.31. The SMILES string of the molecule is C/C(=C\c1ccccc1)CN(C)Cc1nnc(SCc2ccncc2)n1-c1cccc(Cl)c1. The van der Waals surface area contributed by atoms with Gasteiger partial charge in [0.2, 0.25) is 0 Å². The fraction of sp³-hybridized carbons (Fsp3) is 0.192. The van der Waals surface area contributed by atoms with Crippen LogP contribution in [0.5, 0.6) is 0 Å². The first-order valence-corrected chi connectivity index (χ1v) is 12.1. The lowest BCUT2D eigenvalue weighted by Crippen LogP contribution is -2.22. The van der Waals surface area contributed by atoms with Crippen LogP contribution >= 0.6 is 23.4 Å². The Kier molecular flexibility index (Phi) is 7.94. The number of benzene rings is 2. The lowest BCUT2D eigenvalue weighted by atomic mass is 10.1. The van der Waals surface area contributed by atoms with Crippen LogP contribution in [0.1, 0.15) is 23.9 Å². The average Bonchev–Trinajstić information content (AvgIpc) is 3.21. The molecule has 168 valence electrons. The lowest BCUT2D eigenvalue weighted by molar-refractivity contribution is 0.343. The van der Waals surface area contributed by atoms with E-state index in [-0.39, 0.29) is 0 Å². The van der Waals surface area contributed by atoms with E-state index in [1.54, 1.807) is 11.8 Å². The normalized spacial score (nSPS) is 11.8. The minimum Gasteiger partial charge on any atom is -0.295 e. The second-order valence-electron chi connectivity index (χ2n) is 7.93. The number of halogens is 1. The third-order valence-electron chi connectivity index (χ3n) is 5.03. The van der Waals surface area contributed by atoms with Crippen LogP contribution in [-0.2, 0) is 12.3 Å². The van der Waals surface area contributed by atoms with Crippen LogP contribution in [-0.4, -0.2) is 38.2 Å². The van der Waals surface area contributed by atoms with Gasteiger partial charge in [-0.3, -0.25) is 14.5 Å². The summed E-state index contributed by atoms with van der Waals surface area (Å²) < 4.78 is 2.10. The van der Waals surface area contributed by atoms with Gasteiger partial charge in [0, 0.05) is 29.7 Å². The number of rotatable bonds is 9. The summed E-state index contributed by atoms with van der Waals surface area (Å²) in [5.74, 6) is 1.67.